The van der Waals surface area contributed by atoms with Gasteiger partial charge in [0.2, 0.25) is 0 Å². The summed E-state index contributed by atoms with van der Waals surface area (Å²) in [6.45, 7) is 7.44. The Kier molecular flexibility index (Phi) is 5.08. The SMILES string of the molecule is Cc1ccc(C)c(C(=O)CCC(=O)OC(C)C)c1. The van der Waals surface area contributed by atoms with E-state index in [0.717, 1.165) is 11.1 Å². The average Bonchev–Trinajstić information content (AvgIpc) is 2.28. The Morgan fingerprint density at radius 2 is 1.83 bits per heavy atom. The molecular weight excluding hydrogens is 228 g/mol. The molecule has 0 fully saturated rings. The Morgan fingerprint density at radius 1 is 1.17 bits per heavy atom. The van der Waals surface area contributed by atoms with Gasteiger partial charge in [-0.2, -0.15) is 0 Å². The van der Waals surface area contributed by atoms with Crippen molar-refractivity contribution in [1.29, 1.82) is 0 Å². The summed E-state index contributed by atoms with van der Waals surface area (Å²) in [5.41, 5.74) is 2.70. The monoisotopic (exact) mass is 248 g/mol. The van der Waals surface area contributed by atoms with Crippen LogP contribution in [0, 0.1) is 13.8 Å². The number of esters is 1. The molecular formula is C15H20O3. The van der Waals surface area contributed by atoms with E-state index in [1.807, 2.05) is 32.0 Å². The largest absolute Gasteiger partial charge is 0.463 e. The maximum Gasteiger partial charge on any atom is 0.306 e. The Balaban J connectivity index is 2.60. The molecule has 0 unspecified atom stereocenters. The van der Waals surface area contributed by atoms with Gasteiger partial charge in [0.25, 0.3) is 0 Å². The van der Waals surface area contributed by atoms with Gasteiger partial charge in [-0.05, 0) is 39.3 Å². The second-order valence-electron chi connectivity index (χ2n) is 4.78. The third-order valence-electron chi connectivity index (χ3n) is 2.62. The molecule has 0 N–H and O–H groups in total. The minimum atomic E-state index is -0.316. The Morgan fingerprint density at radius 3 is 2.44 bits per heavy atom. The van der Waals surface area contributed by atoms with Crippen molar-refractivity contribution in [1.82, 2.24) is 0 Å². The fourth-order valence-corrected chi connectivity index (χ4v) is 1.71. The van der Waals surface area contributed by atoms with Gasteiger partial charge < -0.3 is 4.74 Å². The van der Waals surface area contributed by atoms with Crippen molar-refractivity contribution >= 4 is 11.8 Å². The highest BCUT2D eigenvalue weighted by Gasteiger charge is 2.13. The van der Waals surface area contributed by atoms with Crippen molar-refractivity contribution in [2.45, 2.75) is 46.6 Å². The molecule has 0 radical (unpaired) electrons. The fourth-order valence-electron chi connectivity index (χ4n) is 1.71. The van der Waals surface area contributed by atoms with Gasteiger partial charge >= 0.3 is 5.97 Å². The standard InChI is InChI=1S/C15H20O3/c1-10(2)18-15(17)8-7-14(16)13-9-11(3)5-6-12(13)4/h5-6,9-10H,7-8H2,1-4H3. The van der Waals surface area contributed by atoms with E-state index >= 15 is 0 Å². The molecule has 1 rings (SSSR count). The summed E-state index contributed by atoms with van der Waals surface area (Å²) in [4.78, 5) is 23.4. The highest BCUT2D eigenvalue weighted by Crippen LogP contribution is 2.14. The van der Waals surface area contributed by atoms with Crippen LogP contribution in [0.15, 0.2) is 18.2 Å². The third kappa shape index (κ3) is 4.32. The number of Topliss-reactive ketones (excluding diaryl/α,β-unsaturated/α-hetero) is 1. The zero-order valence-corrected chi connectivity index (χ0v) is 11.4. The van der Waals surface area contributed by atoms with Crippen LogP contribution in [0.5, 0.6) is 0 Å². The van der Waals surface area contributed by atoms with Crippen LogP contribution >= 0.6 is 0 Å². The number of aryl methyl sites for hydroxylation is 2. The predicted molar refractivity (Wildman–Crippen MR) is 70.7 cm³/mol. The minimum absolute atomic E-state index is 0.00286. The summed E-state index contributed by atoms with van der Waals surface area (Å²) >= 11 is 0. The van der Waals surface area contributed by atoms with Gasteiger partial charge in [0.1, 0.15) is 0 Å². The number of carbonyl (C=O) groups excluding carboxylic acids is 2. The Bertz CT molecular complexity index is 447. The number of ketones is 1. The van der Waals surface area contributed by atoms with Crippen LogP contribution < -0.4 is 0 Å². The Hall–Kier alpha value is -1.64. The van der Waals surface area contributed by atoms with Crippen LogP contribution in [-0.2, 0) is 9.53 Å². The Labute approximate surface area is 108 Å². The zero-order chi connectivity index (χ0) is 13.7. The summed E-state index contributed by atoms with van der Waals surface area (Å²) in [5.74, 6) is -0.319. The molecule has 0 saturated carbocycles. The zero-order valence-electron chi connectivity index (χ0n) is 11.4. The van der Waals surface area contributed by atoms with Crippen molar-refractivity contribution in [2.24, 2.45) is 0 Å². The molecule has 0 atom stereocenters. The van der Waals surface area contributed by atoms with Crippen LogP contribution in [0.25, 0.3) is 0 Å². The lowest BCUT2D eigenvalue weighted by molar-refractivity contribution is -0.147. The highest BCUT2D eigenvalue weighted by atomic mass is 16.5. The molecule has 0 aromatic heterocycles. The first-order chi connectivity index (χ1) is 8.40. The highest BCUT2D eigenvalue weighted by molar-refractivity contribution is 5.98. The van der Waals surface area contributed by atoms with E-state index in [-0.39, 0.29) is 30.7 Å². The lowest BCUT2D eigenvalue weighted by atomic mass is 9.99. The molecule has 1 aromatic carbocycles. The molecule has 3 nitrogen and oxygen atoms in total. The quantitative estimate of drug-likeness (QED) is 0.593. The number of hydrogen-bond donors (Lipinski definition) is 0. The van der Waals surface area contributed by atoms with Gasteiger partial charge in [0.15, 0.2) is 5.78 Å². The minimum Gasteiger partial charge on any atom is -0.463 e. The molecule has 1 aromatic rings. The average molecular weight is 248 g/mol. The number of rotatable bonds is 5. The molecule has 0 aliphatic carbocycles. The molecule has 98 valence electrons. The van der Waals surface area contributed by atoms with Gasteiger partial charge in [-0.15, -0.1) is 0 Å². The van der Waals surface area contributed by atoms with Crippen molar-refractivity contribution in [3.8, 4) is 0 Å². The maximum atomic E-state index is 12.0. The van der Waals surface area contributed by atoms with Crippen LogP contribution in [0.1, 0.15) is 48.2 Å². The van der Waals surface area contributed by atoms with Crippen molar-refractivity contribution in [3.63, 3.8) is 0 Å². The van der Waals surface area contributed by atoms with E-state index in [4.69, 9.17) is 4.74 Å². The van der Waals surface area contributed by atoms with Crippen LogP contribution in [-0.4, -0.2) is 17.9 Å². The summed E-state index contributed by atoms with van der Waals surface area (Å²) < 4.78 is 5.00. The van der Waals surface area contributed by atoms with Crippen LogP contribution in [0.3, 0.4) is 0 Å². The fraction of sp³-hybridized carbons (Fsp3) is 0.467. The van der Waals surface area contributed by atoms with Crippen molar-refractivity contribution < 1.29 is 14.3 Å². The van der Waals surface area contributed by atoms with Crippen LogP contribution in [0.2, 0.25) is 0 Å². The third-order valence-corrected chi connectivity index (χ3v) is 2.62. The first-order valence-electron chi connectivity index (χ1n) is 6.20. The van der Waals surface area contributed by atoms with Gasteiger partial charge in [0.05, 0.1) is 12.5 Å². The molecule has 0 aliphatic rings. The molecule has 0 amide bonds. The summed E-state index contributed by atoms with van der Waals surface area (Å²) in [5, 5.41) is 0. The lowest BCUT2D eigenvalue weighted by Gasteiger charge is -2.08. The summed E-state index contributed by atoms with van der Waals surface area (Å²) in [7, 11) is 0. The van der Waals surface area contributed by atoms with Gasteiger partial charge in [0, 0.05) is 12.0 Å². The van der Waals surface area contributed by atoms with E-state index in [9.17, 15) is 9.59 Å². The van der Waals surface area contributed by atoms with Crippen molar-refractivity contribution in [3.05, 3.63) is 34.9 Å². The molecule has 0 heterocycles. The van der Waals surface area contributed by atoms with Gasteiger partial charge in [-0.1, -0.05) is 17.7 Å². The second-order valence-corrected chi connectivity index (χ2v) is 4.78. The maximum absolute atomic E-state index is 12.0. The second kappa shape index (κ2) is 6.34. The molecule has 18 heavy (non-hydrogen) atoms. The van der Waals surface area contributed by atoms with Crippen LogP contribution in [0.4, 0.5) is 0 Å². The van der Waals surface area contributed by atoms with E-state index in [2.05, 4.69) is 0 Å². The normalized spacial score (nSPS) is 10.5. The molecule has 0 spiro atoms. The number of carbonyl (C=O) groups is 2. The molecule has 0 saturated heterocycles. The predicted octanol–water partition coefficient (Wildman–Crippen LogP) is 3.22. The lowest BCUT2D eigenvalue weighted by Crippen LogP contribution is -2.13. The molecule has 0 aliphatic heterocycles. The van der Waals surface area contributed by atoms with E-state index in [0.29, 0.717) is 5.56 Å². The van der Waals surface area contributed by atoms with Gasteiger partial charge in [-0.3, -0.25) is 9.59 Å². The molecule has 0 bridgehead atoms. The van der Waals surface area contributed by atoms with E-state index < -0.39 is 0 Å². The first-order valence-corrected chi connectivity index (χ1v) is 6.20. The first kappa shape index (κ1) is 14.4. The van der Waals surface area contributed by atoms with Gasteiger partial charge in [-0.25, -0.2) is 0 Å². The number of benzene rings is 1. The van der Waals surface area contributed by atoms with Crippen molar-refractivity contribution in [2.75, 3.05) is 0 Å². The molecule has 3 heteroatoms. The topological polar surface area (TPSA) is 43.4 Å². The smallest absolute Gasteiger partial charge is 0.306 e. The summed E-state index contributed by atoms with van der Waals surface area (Å²) in [6, 6.07) is 5.76. The van der Waals surface area contributed by atoms with E-state index in [1.54, 1.807) is 13.8 Å². The summed E-state index contributed by atoms with van der Waals surface area (Å²) in [6.07, 6.45) is 0.216. The number of hydrogen-bond acceptors (Lipinski definition) is 3. The number of ether oxygens (including phenoxy) is 1. The van der Waals surface area contributed by atoms with E-state index in [1.165, 1.54) is 0 Å².